The van der Waals surface area contributed by atoms with Gasteiger partial charge in [-0.1, -0.05) is 6.92 Å². The highest BCUT2D eigenvalue weighted by Gasteiger charge is 2.06. The molecule has 0 aromatic carbocycles. The van der Waals surface area contributed by atoms with E-state index in [1.54, 1.807) is 12.3 Å². The van der Waals surface area contributed by atoms with Gasteiger partial charge >= 0.3 is 0 Å². The Hall–Kier alpha value is -1.30. The van der Waals surface area contributed by atoms with Crippen molar-refractivity contribution in [3.05, 3.63) is 18.3 Å². The van der Waals surface area contributed by atoms with Crippen molar-refractivity contribution in [2.45, 2.75) is 13.3 Å². The second-order valence-corrected chi connectivity index (χ2v) is 6.02. The van der Waals surface area contributed by atoms with Gasteiger partial charge in [0.1, 0.15) is 9.84 Å². The monoisotopic (exact) mass is 258 g/mol. The Morgan fingerprint density at radius 1 is 1.47 bits per heavy atom. The van der Waals surface area contributed by atoms with Gasteiger partial charge in [-0.3, -0.25) is 0 Å². The summed E-state index contributed by atoms with van der Waals surface area (Å²) in [5.74, 6) is 1.32. The summed E-state index contributed by atoms with van der Waals surface area (Å²) in [5, 5.41) is 2.96. The van der Waals surface area contributed by atoms with Crippen LogP contribution >= 0.6 is 0 Å². The zero-order valence-electron chi connectivity index (χ0n) is 10.1. The second-order valence-electron chi connectivity index (χ2n) is 3.76. The average molecular weight is 258 g/mol. The molecule has 1 heterocycles. The molecule has 0 spiro atoms. The molecule has 0 aliphatic rings. The molecule has 1 aromatic rings. The Morgan fingerprint density at radius 2 is 2.24 bits per heavy atom. The molecule has 17 heavy (non-hydrogen) atoms. The molecule has 5 nitrogen and oxygen atoms in total. The van der Waals surface area contributed by atoms with Gasteiger partial charge < -0.3 is 10.1 Å². The van der Waals surface area contributed by atoms with Crippen LogP contribution in [-0.4, -0.2) is 38.6 Å². The molecule has 0 aliphatic carbocycles. The first-order valence-corrected chi connectivity index (χ1v) is 7.58. The van der Waals surface area contributed by atoms with E-state index in [1.807, 2.05) is 13.0 Å². The number of hydrogen-bond acceptors (Lipinski definition) is 5. The highest BCUT2D eigenvalue weighted by Crippen LogP contribution is 2.20. The number of sulfone groups is 1. The highest BCUT2D eigenvalue weighted by molar-refractivity contribution is 7.90. The van der Waals surface area contributed by atoms with E-state index < -0.39 is 9.84 Å². The van der Waals surface area contributed by atoms with E-state index in [2.05, 4.69) is 10.3 Å². The van der Waals surface area contributed by atoms with Crippen molar-refractivity contribution in [3.63, 3.8) is 0 Å². The van der Waals surface area contributed by atoms with E-state index >= 15 is 0 Å². The van der Waals surface area contributed by atoms with Gasteiger partial charge in [0, 0.05) is 19.0 Å². The minimum absolute atomic E-state index is 0.0802. The standard InChI is InChI=1S/C11H18N2O3S/c1-3-8-16-10-5-4-6-12-11(10)13-7-9-17(2,14)15/h4-6H,3,7-9H2,1-2H3,(H,12,13). The van der Waals surface area contributed by atoms with E-state index in [1.165, 1.54) is 6.26 Å². The highest BCUT2D eigenvalue weighted by atomic mass is 32.2. The molecule has 0 unspecified atom stereocenters. The van der Waals surface area contributed by atoms with Crippen LogP contribution in [0.25, 0.3) is 0 Å². The van der Waals surface area contributed by atoms with Gasteiger partial charge in [0.2, 0.25) is 0 Å². The number of pyridine rings is 1. The average Bonchev–Trinajstić information content (AvgIpc) is 2.26. The number of rotatable bonds is 7. The van der Waals surface area contributed by atoms with E-state index in [-0.39, 0.29) is 5.75 Å². The van der Waals surface area contributed by atoms with Gasteiger partial charge in [-0.25, -0.2) is 13.4 Å². The molecule has 1 N–H and O–H groups in total. The summed E-state index contributed by atoms with van der Waals surface area (Å²) in [6.45, 7) is 2.97. The van der Waals surface area contributed by atoms with Crippen LogP contribution in [0.5, 0.6) is 5.75 Å². The van der Waals surface area contributed by atoms with Crippen molar-refractivity contribution in [3.8, 4) is 5.75 Å². The molecule has 0 aliphatic heterocycles. The minimum Gasteiger partial charge on any atom is -0.490 e. The third-order valence-electron chi connectivity index (χ3n) is 2.00. The largest absolute Gasteiger partial charge is 0.490 e. The SMILES string of the molecule is CCCOc1cccnc1NCCS(C)(=O)=O. The summed E-state index contributed by atoms with van der Waals surface area (Å²) in [6.07, 6.45) is 3.76. The van der Waals surface area contributed by atoms with Crippen LogP contribution in [-0.2, 0) is 9.84 Å². The molecule has 0 saturated heterocycles. The Labute approximate surface area is 102 Å². The number of hydrogen-bond donors (Lipinski definition) is 1. The third-order valence-corrected chi connectivity index (χ3v) is 2.94. The molecule has 1 aromatic heterocycles. The van der Waals surface area contributed by atoms with Crippen LogP contribution in [0.2, 0.25) is 0 Å². The summed E-state index contributed by atoms with van der Waals surface area (Å²) < 4.78 is 27.5. The topological polar surface area (TPSA) is 68.3 Å². The second kappa shape index (κ2) is 6.44. The van der Waals surface area contributed by atoms with Crippen molar-refractivity contribution in [2.24, 2.45) is 0 Å². The molecule has 0 bridgehead atoms. The van der Waals surface area contributed by atoms with E-state index in [4.69, 9.17) is 4.74 Å². The van der Waals surface area contributed by atoms with Gasteiger partial charge in [-0.2, -0.15) is 0 Å². The quantitative estimate of drug-likeness (QED) is 0.799. The minimum atomic E-state index is -2.96. The van der Waals surface area contributed by atoms with Gasteiger partial charge in [-0.05, 0) is 18.6 Å². The molecular formula is C11H18N2O3S. The predicted octanol–water partition coefficient (Wildman–Crippen LogP) is 1.33. The first kappa shape index (κ1) is 13.8. The fraction of sp³-hybridized carbons (Fsp3) is 0.545. The van der Waals surface area contributed by atoms with Crippen molar-refractivity contribution in [1.82, 2.24) is 4.98 Å². The fourth-order valence-electron chi connectivity index (χ4n) is 1.21. The normalized spacial score (nSPS) is 11.2. The third kappa shape index (κ3) is 5.53. The van der Waals surface area contributed by atoms with E-state index in [0.29, 0.717) is 24.7 Å². The van der Waals surface area contributed by atoms with Gasteiger partial charge in [0.25, 0.3) is 0 Å². The van der Waals surface area contributed by atoms with Gasteiger partial charge in [-0.15, -0.1) is 0 Å². The van der Waals surface area contributed by atoms with Crippen molar-refractivity contribution >= 4 is 15.7 Å². The number of aromatic nitrogens is 1. The first-order chi connectivity index (χ1) is 8.03. The number of ether oxygens (including phenoxy) is 1. The zero-order chi connectivity index (χ0) is 12.7. The van der Waals surface area contributed by atoms with E-state index in [9.17, 15) is 8.42 Å². The van der Waals surface area contributed by atoms with Crippen LogP contribution in [0, 0.1) is 0 Å². The number of nitrogens with one attached hydrogen (secondary N) is 1. The molecule has 0 atom stereocenters. The van der Waals surface area contributed by atoms with Crippen LogP contribution in [0.1, 0.15) is 13.3 Å². The Balaban J connectivity index is 2.57. The predicted molar refractivity (Wildman–Crippen MR) is 68.2 cm³/mol. The maximum atomic E-state index is 11.0. The molecule has 1 rings (SSSR count). The molecule has 0 fully saturated rings. The lowest BCUT2D eigenvalue weighted by molar-refractivity contribution is 0.318. The summed E-state index contributed by atoms with van der Waals surface area (Å²) >= 11 is 0. The molecule has 0 saturated carbocycles. The summed E-state index contributed by atoms with van der Waals surface area (Å²) in [5.41, 5.74) is 0. The van der Waals surface area contributed by atoms with Crippen LogP contribution in [0.4, 0.5) is 5.82 Å². The van der Waals surface area contributed by atoms with Crippen molar-refractivity contribution in [2.75, 3.05) is 30.5 Å². The molecule has 0 radical (unpaired) electrons. The maximum absolute atomic E-state index is 11.0. The van der Waals surface area contributed by atoms with Gasteiger partial charge in [0.15, 0.2) is 11.6 Å². The Morgan fingerprint density at radius 3 is 2.88 bits per heavy atom. The van der Waals surface area contributed by atoms with Crippen molar-refractivity contribution in [1.29, 1.82) is 0 Å². The first-order valence-electron chi connectivity index (χ1n) is 5.52. The summed E-state index contributed by atoms with van der Waals surface area (Å²) in [4.78, 5) is 4.12. The lowest BCUT2D eigenvalue weighted by Gasteiger charge is -2.10. The van der Waals surface area contributed by atoms with Crippen LogP contribution < -0.4 is 10.1 Å². The number of anilines is 1. The molecule has 96 valence electrons. The van der Waals surface area contributed by atoms with Crippen molar-refractivity contribution < 1.29 is 13.2 Å². The lowest BCUT2D eigenvalue weighted by Crippen LogP contribution is -2.15. The Bertz CT molecular complexity index is 446. The summed E-state index contributed by atoms with van der Waals surface area (Å²) in [7, 11) is -2.96. The maximum Gasteiger partial charge on any atom is 0.168 e. The van der Waals surface area contributed by atoms with Crippen LogP contribution in [0.3, 0.4) is 0 Å². The van der Waals surface area contributed by atoms with Crippen LogP contribution in [0.15, 0.2) is 18.3 Å². The zero-order valence-corrected chi connectivity index (χ0v) is 11.0. The van der Waals surface area contributed by atoms with Gasteiger partial charge in [0.05, 0.1) is 12.4 Å². The Kier molecular flexibility index (Phi) is 5.21. The fourth-order valence-corrected chi connectivity index (χ4v) is 1.68. The molecule has 6 heteroatoms. The smallest absolute Gasteiger partial charge is 0.168 e. The number of nitrogens with zero attached hydrogens (tertiary/aromatic N) is 1. The lowest BCUT2D eigenvalue weighted by atomic mass is 10.4. The molecule has 0 amide bonds. The summed E-state index contributed by atoms with van der Waals surface area (Å²) in [6, 6.07) is 3.60. The molecular weight excluding hydrogens is 240 g/mol. The van der Waals surface area contributed by atoms with E-state index in [0.717, 1.165) is 6.42 Å².